The Balaban J connectivity index is 1.84. The van der Waals surface area contributed by atoms with Crippen LogP contribution in [0.2, 0.25) is 0 Å². The van der Waals surface area contributed by atoms with Crippen LogP contribution in [0.1, 0.15) is 30.5 Å². The number of aryl methyl sites for hydroxylation is 1. The number of hydrogen-bond donors (Lipinski definition) is 0. The standard InChI is InChI=1S/C28H23N/c1-18-26-20-13-7-9-15-22(20)28(2,3)23(26)17-25-27(18)21-14-8-10-16-24(21)29(25)19-11-5-4-6-12-19/h4-17H,1-3H3. The summed E-state index contributed by atoms with van der Waals surface area (Å²) in [5.74, 6) is 0. The monoisotopic (exact) mass is 373 g/mol. The second-order valence-corrected chi connectivity index (χ2v) is 8.68. The molecule has 0 unspecified atom stereocenters. The molecule has 0 saturated carbocycles. The number of aromatic nitrogens is 1. The first-order chi connectivity index (χ1) is 14.1. The molecule has 1 aliphatic rings. The minimum absolute atomic E-state index is 0.00283. The molecule has 1 nitrogen and oxygen atoms in total. The zero-order valence-electron chi connectivity index (χ0n) is 17.0. The van der Waals surface area contributed by atoms with Crippen LogP contribution in [0.3, 0.4) is 0 Å². The van der Waals surface area contributed by atoms with E-state index >= 15 is 0 Å². The Kier molecular flexibility index (Phi) is 3.21. The van der Waals surface area contributed by atoms with Crippen molar-refractivity contribution in [3.05, 3.63) is 102 Å². The maximum absolute atomic E-state index is 2.45. The molecule has 0 amide bonds. The lowest BCUT2D eigenvalue weighted by molar-refractivity contribution is 0.660. The minimum Gasteiger partial charge on any atom is -0.309 e. The lowest BCUT2D eigenvalue weighted by Gasteiger charge is -2.22. The van der Waals surface area contributed by atoms with Gasteiger partial charge < -0.3 is 4.57 Å². The molecule has 1 heterocycles. The maximum Gasteiger partial charge on any atom is 0.0547 e. The molecule has 4 aromatic carbocycles. The highest BCUT2D eigenvalue weighted by molar-refractivity contribution is 6.13. The number of rotatable bonds is 1. The van der Waals surface area contributed by atoms with Crippen LogP contribution >= 0.6 is 0 Å². The fraction of sp³-hybridized carbons (Fsp3) is 0.143. The Morgan fingerprint density at radius 3 is 2.21 bits per heavy atom. The van der Waals surface area contributed by atoms with Gasteiger partial charge in [0.1, 0.15) is 0 Å². The summed E-state index contributed by atoms with van der Waals surface area (Å²) in [7, 11) is 0. The van der Waals surface area contributed by atoms with Crippen LogP contribution < -0.4 is 0 Å². The van der Waals surface area contributed by atoms with Crippen molar-refractivity contribution in [1.29, 1.82) is 0 Å². The first kappa shape index (κ1) is 16.6. The fourth-order valence-electron chi connectivity index (χ4n) is 5.41. The van der Waals surface area contributed by atoms with Crippen molar-refractivity contribution >= 4 is 21.8 Å². The first-order valence-corrected chi connectivity index (χ1v) is 10.3. The second-order valence-electron chi connectivity index (χ2n) is 8.68. The largest absolute Gasteiger partial charge is 0.309 e. The van der Waals surface area contributed by atoms with E-state index < -0.39 is 0 Å². The van der Waals surface area contributed by atoms with Crippen molar-refractivity contribution in [2.45, 2.75) is 26.2 Å². The van der Waals surface area contributed by atoms with Gasteiger partial charge in [0.05, 0.1) is 11.0 Å². The summed E-state index contributed by atoms with van der Waals surface area (Å²) >= 11 is 0. The van der Waals surface area contributed by atoms with Gasteiger partial charge in [-0.1, -0.05) is 74.5 Å². The zero-order chi connectivity index (χ0) is 19.8. The summed E-state index contributed by atoms with van der Waals surface area (Å²) in [6, 6.07) is 30.9. The van der Waals surface area contributed by atoms with Crippen molar-refractivity contribution in [2.75, 3.05) is 0 Å². The zero-order valence-corrected chi connectivity index (χ0v) is 17.0. The van der Waals surface area contributed by atoms with Crippen LogP contribution in [0.5, 0.6) is 0 Å². The summed E-state index contributed by atoms with van der Waals surface area (Å²) < 4.78 is 2.43. The number of hydrogen-bond acceptors (Lipinski definition) is 0. The van der Waals surface area contributed by atoms with E-state index in [4.69, 9.17) is 0 Å². The molecule has 0 atom stereocenters. The number of fused-ring (bicyclic) bond motifs is 6. The molecule has 140 valence electrons. The third-order valence-corrected chi connectivity index (χ3v) is 6.77. The van der Waals surface area contributed by atoms with Gasteiger partial charge in [0, 0.05) is 21.9 Å². The van der Waals surface area contributed by atoms with Gasteiger partial charge in [0.25, 0.3) is 0 Å². The van der Waals surface area contributed by atoms with Gasteiger partial charge in [-0.25, -0.2) is 0 Å². The number of para-hydroxylation sites is 2. The molecule has 29 heavy (non-hydrogen) atoms. The Labute approximate surface area is 171 Å². The minimum atomic E-state index is 0.00283. The topological polar surface area (TPSA) is 4.93 Å². The summed E-state index contributed by atoms with van der Waals surface area (Å²) in [6.07, 6.45) is 0. The molecular weight excluding hydrogens is 350 g/mol. The smallest absolute Gasteiger partial charge is 0.0547 e. The molecule has 0 N–H and O–H groups in total. The van der Waals surface area contributed by atoms with Crippen LogP contribution in [0.15, 0.2) is 84.9 Å². The van der Waals surface area contributed by atoms with Crippen LogP contribution in [-0.4, -0.2) is 4.57 Å². The van der Waals surface area contributed by atoms with Crippen molar-refractivity contribution in [1.82, 2.24) is 4.57 Å². The average Bonchev–Trinajstić information content (AvgIpc) is 3.20. The van der Waals surface area contributed by atoms with E-state index in [-0.39, 0.29) is 5.41 Å². The normalized spacial score (nSPS) is 14.3. The lowest BCUT2D eigenvalue weighted by atomic mass is 9.82. The van der Waals surface area contributed by atoms with E-state index in [1.807, 2.05) is 0 Å². The van der Waals surface area contributed by atoms with Gasteiger partial charge in [-0.3, -0.25) is 0 Å². The predicted molar refractivity (Wildman–Crippen MR) is 123 cm³/mol. The van der Waals surface area contributed by atoms with E-state index in [0.717, 1.165) is 0 Å². The molecule has 0 bridgehead atoms. The summed E-state index contributed by atoms with van der Waals surface area (Å²) in [5.41, 5.74) is 10.9. The van der Waals surface area contributed by atoms with E-state index in [1.165, 1.54) is 55.3 Å². The van der Waals surface area contributed by atoms with Gasteiger partial charge in [-0.2, -0.15) is 0 Å². The molecule has 1 heteroatoms. The third-order valence-electron chi connectivity index (χ3n) is 6.77. The molecule has 0 saturated heterocycles. The van der Waals surface area contributed by atoms with Crippen molar-refractivity contribution in [3.63, 3.8) is 0 Å². The second kappa shape index (κ2) is 5.61. The van der Waals surface area contributed by atoms with Crippen LogP contribution in [-0.2, 0) is 5.41 Å². The molecule has 0 aliphatic heterocycles. The highest BCUT2D eigenvalue weighted by Crippen LogP contribution is 2.52. The number of benzene rings is 4. The molecule has 1 aliphatic carbocycles. The van der Waals surface area contributed by atoms with E-state index in [0.29, 0.717) is 0 Å². The van der Waals surface area contributed by atoms with E-state index in [2.05, 4.69) is 110 Å². The molecule has 1 aromatic heterocycles. The Bertz CT molecular complexity index is 1420. The predicted octanol–water partition coefficient (Wildman–Crippen LogP) is 7.40. The Morgan fingerprint density at radius 1 is 0.690 bits per heavy atom. The molecule has 0 spiro atoms. The van der Waals surface area contributed by atoms with Gasteiger partial charge >= 0.3 is 0 Å². The molecule has 6 rings (SSSR count). The maximum atomic E-state index is 2.45. The number of nitrogens with zero attached hydrogens (tertiary/aromatic N) is 1. The van der Waals surface area contributed by atoms with Gasteiger partial charge in [-0.15, -0.1) is 0 Å². The SMILES string of the molecule is Cc1c2c(cc3c1c1ccccc1n3-c1ccccc1)C(C)(C)c1ccccc1-2. The average molecular weight is 373 g/mol. The van der Waals surface area contributed by atoms with Gasteiger partial charge in [0.15, 0.2) is 0 Å². The highest BCUT2D eigenvalue weighted by atomic mass is 15.0. The highest BCUT2D eigenvalue weighted by Gasteiger charge is 2.37. The summed E-state index contributed by atoms with van der Waals surface area (Å²) in [5, 5.41) is 2.70. The third kappa shape index (κ3) is 2.05. The summed E-state index contributed by atoms with van der Waals surface area (Å²) in [6.45, 7) is 7.03. The summed E-state index contributed by atoms with van der Waals surface area (Å²) in [4.78, 5) is 0. The van der Waals surface area contributed by atoms with Crippen LogP contribution in [0.25, 0.3) is 38.6 Å². The van der Waals surface area contributed by atoms with Crippen LogP contribution in [0.4, 0.5) is 0 Å². The molecular formula is C28H23N. The van der Waals surface area contributed by atoms with E-state index in [9.17, 15) is 0 Å². The Hall–Kier alpha value is -3.32. The first-order valence-electron chi connectivity index (χ1n) is 10.3. The van der Waals surface area contributed by atoms with Crippen molar-refractivity contribution in [3.8, 4) is 16.8 Å². The van der Waals surface area contributed by atoms with Gasteiger partial charge in [0.2, 0.25) is 0 Å². The van der Waals surface area contributed by atoms with Crippen LogP contribution in [0, 0.1) is 6.92 Å². The lowest BCUT2D eigenvalue weighted by Crippen LogP contribution is -2.15. The molecule has 0 fully saturated rings. The molecule has 0 radical (unpaired) electrons. The van der Waals surface area contributed by atoms with Crippen molar-refractivity contribution < 1.29 is 0 Å². The fourth-order valence-corrected chi connectivity index (χ4v) is 5.41. The van der Waals surface area contributed by atoms with E-state index in [1.54, 1.807) is 0 Å². The molecule has 5 aromatic rings. The van der Waals surface area contributed by atoms with Gasteiger partial charge in [-0.05, 0) is 59.0 Å². The quantitative estimate of drug-likeness (QED) is 0.288. The Morgan fingerprint density at radius 2 is 1.38 bits per heavy atom. The van der Waals surface area contributed by atoms with Crippen molar-refractivity contribution in [2.24, 2.45) is 0 Å².